The summed E-state index contributed by atoms with van der Waals surface area (Å²) < 4.78 is 0. The van der Waals surface area contributed by atoms with E-state index in [1.165, 1.54) is 4.90 Å². The molecular formula is C27H44Cl2N10O8. The summed E-state index contributed by atoms with van der Waals surface area (Å²) in [6.45, 7) is 3.90. The van der Waals surface area contributed by atoms with Gasteiger partial charge in [0, 0.05) is 31.4 Å². The molecule has 0 aliphatic carbocycles. The molecule has 20 heteroatoms. The van der Waals surface area contributed by atoms with Gasteiger partial charge in [-0.25, -0.2) is 9.59 Å². The Labute approximate surface area is 282 Å². The zero-order chi connectivity index (χ0) is 35.1. The fourth-order valence-corrected chi connectivity index (χ4v) is 5.73. The summed E-state index contributed by atoms with van der Waals surface area (Å²) in [5, 5.41) is 14.0. The molecule has 2 rings (SSSR count). The first-order valence-corrected chi connectivity index (χ1v) is 16.6. The summed E-state index contributed by atoms with van der Waals surface area (Å²) in [4.78, 5) is 102. The molecule has 2 aliphatic heterocycles. The van der Waals surface area contributed by atoms with Gasteiger partial charge in [-0.05, 0) is 50.9 Å². The van der Waals surface area contributed by atoms with E-state index in [0.717, 1.165) is 4.90 Å². The van der Waals surface area contributed by atoms with Crippen LogP contribution in [0.15, 0.2) is 10.6 Å². The molecule has 5 N–H and O–H groups in total. The minimum absolute atomic E-state index is 0.0286. The Morgan fingerprint density at radius 1 is 0.872 bits per heavy atom. The number of amides is 8. The molecule has 2 saturated heterocycles. The molecule has 4 atom stereocenters. The fraction of sp³-hybridized carbons (Fsp3) is 0.778. The molecule has 18 nitrogen and oxygen atoms in total. The summed E-state index contributed by atoms with van der Waals surface area (Å²) in [6, 6.07) is -5.39. The number of carbonyl (C=O) groups is 6. The van der Waals surface area contributed by atoms with Crippen LogP contribution in [0.4, 0.5) is 9.59 Å². The molecule has 47 heavy (non-hydrogen) atoms. The Morgan fingerprint density at radius 2 is 1.45 bits per heavy atom. The Bertz CT molecular complexity index is 1150. The van der Waals surface area contributed by atoms with E-state index in [9.17, 15) is 38.6 Å². The lowest BCUT2D eigenvalue weighted by molar-refractivity contribution is -0.141. The van der Waals surface area contributed by atoms with Crippen molar-refractivity contribution in [3.05, 3.63) is 9.81 Å². The molecule has 2 heterocycles. The highest BCUT2D eigenvalue weighted by molar-refractivity contribution is 6.18. The molecule has 0 aromatic rings. The highest BCUT2D eigenvalue weighted by atomic mass is 35.5. The van der Waals surface area contributed by atoms with Crippen LogP contribution in [0.1, 0.15) is 58.8 Å². The first kappa shape index (κ1) is 39.5. The number of carbonyl (C=O) groups excluding carboxylic acids is 6. The average Bonchev–Trinajstić information content (AvgIpc) is 3.74. The van der Waals surface area contributed by atoms with E-state index < -0.39 is 65.8 Å². The number of halogens is 2. The topological polar surface area (TPSA) is 236 Å². The predicted molar refractivity (Wildman–Crippen MR) is 171 cm³/mol. The SMILES string of the molecule is CC(C)[C@H](NC(=O)[C@@H]1CCCN1C(=O)[C@@H](N)CCCCNC(=O)N(CCCl)N=O)C(=O)NC(=O)[C@@H]1CCCN1C(=O)N(CCCl)N=O. The van der Waals surface area contributed by atoms with Gasteiger partial charge in [0.2, 0.25) is 23.6 Å². The lowest BCUT2D eigenvalue weighted by Gasteiger charge is -2.30. The highest BCUT2D eigenvalue weighted by Crippen LogP contribution is 2.22. The van der Waals surface area contributed by atoms with Gasteiger partial charge in [0.05, 0.1) is 29.7 Å². The zero-order valence-electron chi connectivity index (χ0n) is 26.6. The standard InChI is InChI=1S/C27H44Cl2N10O8/c1-17(2)21(24(42)33-23(41)20-9-6-14-37(20)27(45)39(35-47)16-11-29)32-22(40)19-8-5-13-36(19)25(43)18(30)7-3-4-12-31-26(44)38(34-46)15-10-28/h17-21H,3-16,30H2,1-2H3,(H,31,44)(H,32,40)(H,33,41,42)/t18-,19-,20-,21-/m0/s1. The Kier molecular flexibility index (Phi) is 16.7. The molecule has 0 spiro atoms. The lowest BCUT2D eigenvalue weighted by atomic mass is 10.0. The lowest BCUT2D eigenvalue weighted by Crippen LogP contribution is -2.58. The number of nitrogens with two attached hydrogens (primary N) is 1. The molecule has 2 fully saturated rings. The van der Waals surface area contributed by atoms with Crippen molar-refractivity contribution < 1.29 is 28.8 Å². The number of urea groups is 2. The van der Waals surface area contributed by atoms with E-state index in [4.69, 9.17) is 28.9 Å². The van der Waals surface area contributed by atoms with Crippen LogP contribution in [0.3, 0.4) is 0 Å². The van der Waals surface area contributed by atoms with Gasteiger partial charge in [0.25, 0.3) is 0 Å². The first-order chi connectivity index (χ1) is 22.4. The van der Waals surface area contributed by atoms with Crippen molar-refractivity contribution in [1.29, 1.82) is 0 Å². The quantitative estimate of drug-likeness (QED) is 0.0729. The first-order valence-electron chi connectivity index (χ1n) is 15.5. The number of unbranched alkanes of at least 4 members (excludes halogenated alkanes) is 1. The van der Waals surface area contributed by atoms with Crippen LogP contribution in [0.5, 0.6) is 0 Å². The van der Waals surface area contributed by atoms with Crippen molar-refractivity contribution in [2.75, 3.05) is 44.5 Å². The monoisotopic (exact) mass is 706 g/mol. The summed E-state index contributed by atoms with van der Waals surface area (Å²) in [5.74, 6) is -2.95. The van der Waals surface area contributed by atoms with Crippen LogP contribution < -0.4 is 21.7 Å². The van der Waals surface area contributed by atoms with Gasteiger partial charge in [0.15, 0.2) is 0 Å². The zero-order valence-corrected chi connectivity index (χ0v) is 28.1. The van der Waals surface area contributed by atoms with Gasteiger partial charge in [-0.2, -0.15) is 10.0 Å². The minimum Gasteiger partial charge on any atom is -0.342 e. The van der Waals surface area contributed by atoms with E-state index in [1.54, 1.807) is 13.8 Å². The van der Waals surface area contributed by atoms with E-state index in [0.29, 0.717) is 48.7 Å². The number of imide groups is 1. The van der Waals surface area contributed by atoms with Gasteiger partial charge < -0.3 is 26.2 Å². The maximum absolute atomic E-state index is 13.3. The van der Waals surface area contributed by atoms with E-state index in [-0.39, 0.29) is 50.8 Å². The Hall–Kier alpha value is -3.64. The van der Waals surface area contributed by atoms with Crippen LogP contribution in [0.25, 0.3) is 0 Å². The summed E-state index contributed by atoms with van der Waals surface area (Å²) in [5.41, 5.74) is 6.15. The Balaban J connectivity index is 1.93. The van der Waals surface area contributed by atoms with Crippen molar-refractivity contribution in [2.24, 2.45) is 22.2 Å². The molecule has 0 aromatic heterocycles. The van der Waals surface area contributed by atoms with Crippen molar-refractivity contribution >= 4 is 58.9 Å². The molecule has 2 aliphatic rings. The van der Waals surface area contributed by atoms with Crippen LogP contribution in [-0.2, 0) is 19.2 Å². The normalized spacial score (nSPS) is 18.7. The van der Waals surface area contributed by atoms with Crippen LogP contribution in [-0.4, -0.2) is 124 Å². The number of hydrogen-bond acceptors (Lipinski definition) is 11. The third-order valence-corrected chi connectivity index (χ3v) is 8.25. The smallest absolute Gasteiger partial charge is 0.342 e. The second-order valence-corrected chi connectivity index (χ2v) is 12.3. The van der Waals surface area contributed by atoms with E-state index in [2.05, 4.69) is 26.5 Å². The van der Waals surface area contributed by atoms with Crippen molar-refractivity contribution in [3.63, 3.8) is 0 Å². The van der Waals surface area contributed by atoms with Crippen LogP contribution >= 0.6 is 23.2 Å². The maximum Gasteiger partial charge on any atom is 0.343 e. The van der Waals surface area contributed by atoms with Gasteiger partial charge in [-0.3, -0.25) is 24.5 Å². The summed E-state index contributed by atoms with van der Waals surface area (Å²) in [6.07, 6.45) is 2.86. The molecular weight excluding hydrogens is 663 g/mol. The highest BCUT2D eigenvalue weighted by Gasteiger charge is 2.40. The van der Waals surface area contributed by atoms with Gasteiger partial charge in [0.1, 0.15) is 18.1 Å². The number of rotatable bonds is 17. The predicted octanol–water partition coefficient (Wildman–Crippen LogP) is 0.997. The third-order valence-electron chi connectivity index (χ3n) is 7.91. The molecule has 8 amide bonds. The number of nitroso groups, excluding NO2 is 2. The number of hydrogen-bond donors (Lipinski definition) is 4. The van der Waals surface area contributed by atoms with Gasteiger partial charge in [-0.15, -0.1) is 33.0 Å². The number of likely N-dealkylation sites (tertiary alicyclic amines) is 2. The van der Waals surface area contributed by atoms with E-state index >= 15 is 0 Å². The average molecular weight is 708 g/mol. The molecule has 0 bridgehead atoms. The number of alkyl halides is 2. The third kappa shape index (κ3) is 11.2. The summed E-state index contributed by atoms with van der Waals surface area (Å²) in [7, 11) is 0. The molecule has 0 aromatic carbocycles. The van der Waals surface area contributed by atoms with Crippen molar-refractivity contribution in [1.82, 2.24) is 35.8 Å². The fourth-order valence-electron chi connectivity index (χ4n) is 5.41. The van der Waals surface area contributed by atoms with Crippen LogP contribution in [0, 0.1) is 15.7 Å². The van der Waals surface area contributed by atoms with Gasteiger partial charge >= 0.3 is 12.1 Å². The summed E-state index contributed by atoms with van der Waals surface area (Å²) >= 11 is 11.1. The van der Waals surface area contributed by atoms with Crippen molar-refractivity contribution in [2.45, 2.75) is 83.0 Å². The molecule has 0 saturated carbocycles. The maximum atomic E-state index is 13.3. The number of nitrogens with one attached hydrogen (secondary N) is 3. The minimum atomic E-state index is -1.13. The van der Waals surface area contributed by atoms with E-state index in [1.807, 2.05) is 0 Å². The van der Waals surface area contributed by atoms with Crippen LogP contribution in [0.2, 0.25) is 0 Å². The largest absolute Gasteiger partial charge is 0.343 e. The second-order valence-electron chi connectivity index (χ2n) is 11.5. The molecule has 0 radical (unpaired) electrons. The number of nitrogens with zero attached hydrogens (tertiary/aromatic N) is 6. The van der Waals surface area contributed by atoms with Crippen molar-refractivity contribution in [3.8, 4) is 0 Å². The second kappa shape index (κ2) is 19.9. The molecule has 264 valence electrons. The molecule has 0 unspecified atom stereocenters. The van der Waals surface area contributed by atoms with Gasteiger partial charge in [-0.1, -0.05) is 13.8 Å². The Morgan fingerprint density at radius 3 is 2.02 bits per heavy atom.